The van der Waals surface area contributed by atoms with Gasteiger partial charge in [0.2, 0.25) is 0 Å². The summed E-state index contributed by atoms with van der Waals surface area (Å²) in [6.07, 6.45) is 1.85. The van der Waals surface area contributed by atoms with Crippen LogP contribution in [0.15, 0.2) is 42.6 Å². The first-order valence-corrected chi connectivity index (χ1v) is 6.41. The molecule has 0 radical (unpaired) electrons. The van der Waals surface area contributed by atoms with Crippen LogP contribution in [0.2, 0.25) is 0 Å². The van der Waals surface area contributed by atoms with Crippen molar-refractivity contribution < 1.29 is 14.6 Å². The Balaban J connectivity index is 1.96. The minimum atomic E-state index is -0.144. The lowest BCUT2D eigenvalue weighted by atomic mass is 10.2. The number of aromatic nitrogens is 1. The number of amides is 1. The maximum Gasteiger partial charge on any atom is 0.268 e. The van der Waals surface area contributed by atoms with Crippen LogP contribution in [0, 0.1) is 0 Å². The van der Waals surface area contributed by atoms with Crippen LogP contribution in [0.5, 0.6) is 5.75 Å². The van der Waals surface area contributed by atoms with Crippen molar-refractivity contribution in [3.8, 4) is 5.75 Å². The molecule has 0 spiro atoms. The quantitative estimate of drug-likeness (QED) is 0.844. The molecule has 0 saturated heterocycles. The summed E-state index contributed by atoms with van der Waals surface area (Å²) in [6.45, 7) is 1.57. The maximum atomic E-state index is 12.1. The Morgan fingerprint density at radius 1 is 1.35 bits per heavy atom. The van der Waals surface area contributed by atoms with E-state index in [-0.39, 0.29) is 11.7 Å². The summed E-state index contributed by atoms with van der Waals surface area (Å²) in [4.78, 5) is 12.1. The molecule has 1 aromatic heterocycles. The van der Waals surface area contributed by atoms with Gasteiger partial charge in [0.25, 0.3) is 5.91 Å². The number of phenolic OH excluding ortho intramolecular Hbond substituents is 1. The number of hydrogen-bond acceptors (Lipinski definition) is 3. The van der Waals surface area contributed by atoms with Gasteiger partial charge in [-0.15, -0.1) is 0 Å². The highest BCUT2D eigenvalue weighted by Crippen LogP contribution is 2.11. The number of aromatic hydroxyl groups is 1. The van der Waals surface area contributed by atoms with Crippen LogP contribution in [0.25, 0.3) is 0 Å². The molecule has 0 aliphatic carbocycles. The highest BCUT2D eigenvalue weighted by atomic mass is 16.5. The molecule has 0 fully saturated rings. The molecule has 106 valence electrons. The summed E-state index contributed by atoms with van der Waals surface area (Å²) in [7, 11) is 1.63. The first kappa shape index (κ1) is 14.1. The molecule has 1 amide bonds. The number of nitrogens with one attached hydrogen (secondary N) is 1. The van der Waals surface area contributed by atoms with E-state index < -0.39 is 0 Å². The highest BCUT2D eigenvalue weighted by molar-refractivity contribution is 5.92. The predicted octanol–water partition coefficient (Wildman–Crippen LogP) is 1.77. The number of ether oxygens (including phenoxy) is 1. The lowest BCUT2D eigenvalue weighted by molar-refractivity contribution is 0.0939. The molecule has 20 heavy (non-hydrogen) atoms. The zero-order chi connectivity index (χ0) is 14.4. The standard InChI is InChI=1S/C15H18N2O3/c1-20-9-8-17-7-3-6-14(17)15(19)16-11-12-4-2-5-13(18)10-12/h2-7,10,18H,8-9,11H2,1H3,(H,16,19). The van der Waals surface area contributed by atoms with Crippen molar-refractivity contribution >= 4 is 5.91 Å². The average Bonchev–Trinajstić information content (AvgIpc) is 2.91. The molecule has 0 unspecified atom stereocenters. The molecule has 0 aliphatic rings. The second-order valence-electron chi connectivity index (χ2n) is 4.43. The number of phenols is 1. The molecule has 0 saturated carbocycles. The van der Waals surface area contributed by atoms with Crippen molar-refractivity contribution in [2.75, 3.05) is 13.7 Å². The summed E-state index contributed by atoms with van der Waals surface area (Å²) < 4.78 is 6.86. The molecule has 0 atom stereocenters. The number of nitrogens with zero attached hydrogens (tertiary/aromatic N) is 1. The first-order chi connectivity index (χ1) is 9.70. The first-order valence-electron chi connectivity index (χ1n) is 6.41. The van der Waals surface area contributed by atoms with Crippen LogP contribution in [-0.4, -0.2) is 29.3 Å². The van der Waals surface area contributed by atoms with Crippen LogP contribution < -0.4 is 5.32 Å². The van der Waals surface area contributed by atoms with Crippen molar-refractivity contribution in [1.82, 2.24) is 9.88 Å². The largest absolute Gasteiger partial charge is 0.508 e. The molecule has 5 nitrogen and oxygen atoms in total. The zero-order valence-corrected chi connectivity index (χ0v) is 11.4. The van der Waals surface area contributed by atoms with Gasteiger partial charge in [0, 0.05) is 26.4 Å². The van der Waals surface area contributed by atoms with E-state index in [1.165, 1.54) is 0 Å². The van der Waals surface area contributed by atoms with E-state index in [9.17, 15) is 9.90 Å². The molecule has 5 heteroatoms. The second-order valence-corrected chi connectivity index (χ2v) is 4.43. The van der Waals surface area contributed by atoms with Crippen LogP contribution in [0.3, 0.4) is 0 Å². The smallest absolute Gasteiger partial charge is 0.268 e. The van der Waals surface area contributed by atoms with Crippen molar-refractivity contribution in [1.29, 1.82) is 0 Å². The van der Waals surface area contributed by atoms with Gasteiger partial charge < -0.3 is 19.7 Å². The Hall–Kier alpha value is -2.27. The van der Waals surface area contributed by atoms with Gasteiger partial charge >= 0.3 is 0 Å². The summed E-state index contributed by atoms with van der Waals surface area (Å²) in [5.41, 5.74) is 1.45. The summed E-state index contributed by atoms with van der Waals surface area (Å²) in [6, 6.07) is 10.4. The van der Waals surface area contributed by atoms with Gasteiger partial charge in [-0.25, -0.2) is 0 Å². The third kappa shape index (κ3) is 3.61. The fraction of sp³-hybridized carbons (Fsp3) is 0.267. The van der Waals surface area contributed by atoms with E-state index in [4.69, 9.17) is 4.74 Å². The van der Waals surface area contributed by atoms with Crippen molar-refractivity contribution in [2.24, 2.45) is 0 Å². The van der Waals surface area contributed by atoms with Crippen molar-refractivity contribution in [3.05, 3.63) is 53.9 Å². The van der Waals surface area contributed by atoms with Crippen LogP contribution >= 0.6 is 0 Å². The lowest BCUT2D eigenvalue weighted by Gasteiger charge is -2.09. The maximum absolute atomic E-state index is 12.1. The molecule has 2 aromatic rings. The van der Waals surface area contributed by atoms with E-state index in [2.05, 4.69) is 5.32 Å². The molecule has 1 aromatic carbocycles. The molecule has 0 bridgehead atoms. The summed E-state index contributed by atoms with van der Waals surface area (Å²) in [5, 5.41) is 12.2. The van der Waals surface area contributed by atoms with Gasteiger partial charge in [-0.3, -0.25) is 4.79 Å². The van der Waals surface area contributed by atoms with Gasteiger partial charge in [-0.05, 0) is 29.8 Å². The zero-order valence-electron chi connectivity index (χ0n) is 11.4. The normalized spacial score (nSPS) is 10.4. The Kier molecular flexibility index (Phi) is 4.79. The fourth-order valence-electron chi connectivity index (χ4n) is 1.94. The Morgan fingerprint density at radius 3 is 2.95 bits per heavy atom. The second kappa shape index (κ2) is 6.77. The molecular weight excluding hydrogens is 256 g/mol. The minimum absolute atomic E-state index is 0.144. The van der Waals surface area contributed by atoms with Gasteiger partial charge in [0.15, 0.2) is 0 Å². The number of hydrogen-bond donors (Lipinski definition) is 2. The number of carbonyl (C=O) groups excluding carboxylic acids is 1. The molecular formula is C15H18N2O3. The van der Waals surface area contributed by atoms with E-state index >= 15 is 0 Å². The summed E-state index contributed by atoms with van der Waals surface area (Å²) in [5.74, 6) is 0.0506. The Morgan fingerprint density at radius 2 is 2.20 bits per heavy atom. The Labute approximate surface area is 117 Å². The molecule has 2 N–H and O–H groups in total. The van der Waals surface area contributed by atoms with Crippen LogP contribution in [0.4, 0.5) is 0 Å². The number of methoxy groups -OCH3 is 1. The Bertz CT molecular complexity index is 578. The van der Waals surface area contributed by atoms with Crippen molar-refractivity contribution in [2.45, 2.75) is 13.1 Å². The number of carbonyl (C=O) groups is 1. The third-order valence-electron chi connectivity index (χ3n) is 2.96. The van der Waals surface area contributed by atoms with E-state index in [0.717, 1.165) is 5.56 Å². The topological polar surface area (TPSA) is 63.5 Å². The van der Waals surface area contributed by atoms with E-state index in [1.807, 2.05) is 22.9 Å². The highest BCUT2D eigenvalue weighted by Gasteiger charge is 2.10. The van der Waals surface area contributed by atoms with Crippen LogP contribution in [-0.2, 0) is 17.8 Å². The molecule has 0 aliphatic heterocycles. The van der Waals surface area contributed by atoms with Gasteiger partial charge in [-0.1, -0.05) is 12.1 Å². The third-order valence-corrected chi connectivity index (χ3v) is 2.96. The van der Waals surface area contributed by atoms with E-state index in [0.29, 0.717) is 25.4 Å². The fourth-order valence-corrected chi connectivity index (χ4v) is 1.94. The predicted molar refractivity (Wildman–Crippen MR) is 75.6 cm³/mol. The van der Waals surface area contributed by atoms with Gasteiger partial charge in [0.1, 0.15) is 11.4 Å². The average molecular weight is 274 g/mol. The van der Waals surface area contributed by atoms with Gasteiger partial charge in [-0.2, -0.15) is 0 Å². The monoisotopic (exact) mass is 274 g/mol. The molecule has 2 rings (SSSR count). The minimum Gasteiger partial charge on any atom is -0.508 e. The number of rotatable bonds is 6. The lowest BCUT2D eigenvalue weighted by Crippen LogP contribution is -2.25. The van der Waals surface area contributed by atoms with Gasteiger partial charge in [0.05, 0.1) is 6.61 Å². The van der Waals surface area contributed by atoms with Crippen LogP contribution in [0.1, 0.15) is 16.1 Å². The molecule has 1 heterocycles. The van der Waals surface area contributed by atoms with Crippen molar-refractivity contribution in [3.63, 3.8) is 0 Å². The number of benzene rings is 1. The summed E-state index contributed by atoms with van der Waals surface area (Å²) >= 11 is 0. The SMILES string of the molecule is COCCn1cccc1C(=O)NCc1cccc(O)c1. The van der Waals surface area contributed by atoms with E-state index in [1.54, 1.807) is 31.4 Å².